The van der Waals surface area contributed by atoms with E-state index in [2.05, 4.69) is 0 Å². The summed E-state index contributed by atoms with van der Waals surface area (Å²) >= 11 is 4.77. The number of nitrogens with two attached hydrogens (primary N) is 1. The molecule has 2 aliphatic carbocycles. The highest BCUT2D eigenvalue weighted by molar-refractivity contribution is 7.80. The van der Waals surface area contributed by atoms with Gasteiger partial charge in [-0.2, -0.15) is 0 Å². The maximum absolute atomic E-state index is 14.2. The Morgan fingerprint density at radius 1 is 1.29 bits per heavy atom. The molecule has 2 aliphatic rings. The summed E-state index contributed by atoms with van der Waals surface area (Å²) < 4.78 is 28.4. The molecule has 1 aromatic carbocycles. The van der Waals surface area contributed by atoms with Crippen LogP contribution in [0.4, 0.5) is 14.5 Å². The maximum Gasteiger partial charge on any atom is 0.150 e. The smallest absolute Gasteiger partial charge is 0.150 e. The van der Waals surface area contributed by atoms with E-state index in [4.69, 9.17) is 18.0 Å². The Morgan fingerprint density at radius 3 is 2.43 bits per heavy atom. The molecule has 3 atom stereocenters. The second-order valence-electron chi connectivity index (χ2n) is 6.47. The largest absolute Gasteiger partial charge is 0.389 e. The van der Waals surface area contributed by atoms with Gasteiger partial charge in [0.05, 0.1) is 0 Å². The van der Waals surface area contributed by atoms with Crippen LogP contribution >= 0.6 is 12.2 Å². The van der Waals surface area contributed by atoms with E-state index < -0.39 is 11.6 Å². The highest BCUT2D eigenvalue weighted by Gasteiger charge is 2.40. The third-order valence-electron chi connectivity index (χ3n) is 5.08. The Kier molecular flexibility index (Phi) is 3.86. The Labute approximate surface area is 129 Å². The van der Waals surface area contributed by atoms with Crippen molar-refractivity contribution in [3.8, 4) is 0 Å². The fourth-order valence-corrected chi connectivity index (χ4v) is 4.23. The van der Waals surface area contributed by atoms with Gasteiger partial charge in [-0.1, -0.05) is 18.6 Å². The number of fused-ring (bicyclic) bond motifs is 2. The van der Waals surface area contributed by atoms with Crippen LogP contribution in [0.15, 0.2) is 12.1 Å². The average Bonchev–Trinajstić information content (AvgIpc) is 2.99. The predicted molar refractivity (Wildman–Crippen MR) is 84.5 cm³/mol. The molecule has 0 aromatic heterocycles. The van der Waals surface area contributed by atoms with E-state index in [0.29, 0.717) is 12.5 Å². The number of hydrogen-bond acceptors (Lipinski definition) is 2. The molecule has 114 valence electrons. The van der Waals surface area contributed by atoms with E-state index in [1.54, 1.807) is 11.9 Å². The quantitative estimate of drug-likeness (QED) is 0.864. The van der Waals surface area contributed by atoms with Crippen molar-refractivity contribution in [2.24, 2.45) is 23.5 Å². The molecular formula is C16H20F2N2S. The topological polar surface area (TPSA) is 29.3 Å². The lowest BCUT2D eigenvalue weighted by atomic mass is 9.88. The first kappa shape index (κ1) is 14.7. The zero-order valence-electron chi connectivity index (χ0n) is 12.1. The maximum atomic E-state index is 14.2. The van der Waals surface area contributed by atoms with Gasteiger partial charge in [0.2, 0.25) is 0 Å². The fourth-order valence-electron chi connectivity index (χ4n) is 4.12. The minimum atomic E-state index is -0.594. The van der Waals surface area contributed by atoms with Crippen molar-refractivity contribution in [3.05, 3.63) is 29.3 Å². The molecule has 2 nitrogen and oxygen atoms in total. The van der Waals surface area contributed by atoms with Crippen LogP contribution in [0.2, 0.25) is 0 Å². The summed E-state index contributed by atoms with van der Waals surface area (Å²) in [5.74, 6) is 0.939. The number of anilines is 1. The molecule has 0 spiro atoms. The Hall–Kier alpha value is -1.23. The number of rotatable bonds is 4. The lowest BCUT2D eigenvalue weighted by Crippen LogP contribution is -2.30. The second-order valence-corrected chi connectivity index (χ2v) is 6.91. The van der Waals surface area contributed by atoms with Crippen molar-refractivity contribution in [1.82, 2.24) is 0 Å². The van der Waals surface area contributed by atoms with Gasteiger partial charge in [-0.05, 0) is 49.1 Å². The lowest BCUT2D eigenvalue weighted by molar-refractivity contribution is 0.336. The van der Waals surface area contributed by atoms with Gasteiger partial charge in [0.1, 0.15) is 22.3 Å². The summed E-state index contributed by atoms with van der Waals surface area (Å²) in [6.45, 7) is 0.710. The van der Waals surface area contributed by atoms with E-state index in [1.807, 2.05) is 0 Å². The fraction of sp³-hybridized carbons (Fsp3) is 0.562. The molecule has 0 amide bonds. The van der Waals surface area contributed by atoms with Crippen molar-refractivity contribution in [2.75, 3.05) is 18.5 Å². The third-order valence-corrected chi connectivity index (χ3v) is 5.31. The molecule has 3 unspecified atom stereocenters. The van der Waals surface area contributed by atoms with Crippen LogP contribution in [0.25, 0.3) is 0 Å². The highest BCUT2D eigenvalue weighted by atomic mass is 32.1. The van der Waals surface area contributed by atoms with Crippen molar-refractivity contribution in [2.45, 2.75) is 25.7 Å². The van der Waals surface area contributed by atoms with E-state index in [0.717, 1.165) is 11.8 Å². The van der Waals surface area contributed by atoms with Gasteiger partial charge in [-0.3, -0.25) is 0 Å². The molecule has 0 heterocycles. The van der Waals surface area contributed by atoms with Crippen LogP contribution in [0.5, 0.6) is 0 Å². The highest BCUT2D eigenvalue weighted by Crippen LogP contribution is 2.48. The second kappa shape index (κ2) is 5.52. The van der Waals surface area contributed by atoms with Crippen LogP contribution in [-0.4, -0.2) is 18.6 Å². The monoisotopic (exact) mass is 310 g/mol. The number of hydrogen-bond donors (Lipinski definition) is 1. The van der Waals surface area contributed by atoms with Crippen molar-refractivity contribution in [3.63, 3.8) is 0 Å². The van der Waals surface area contributed by atoms with Gasteiger partial charge in [0, 0.05) is 19.2 Å². The summed E-state index contributed by atoms with van der Waals surface area (Å²) in [5, 5.41) is 0. The zero-order valence-corrected chi connectivity index (χ0v) is 12.9. The molecular weight excluding hydrogens is 290 g/mol. The molecule has 0 saturated heterocycles. The Bertz CT molecular complexity index is 552. The number of benzene rings is 1. The molecule has 5 heteroatoms. The molecule has 0 radical (unpaired) electrons. The van der Waals surface area contributed by atoms with Gasteiger partial charge < -0.3 is 10.6 Å². The number of nitrogens with zero attached hydrogens (tertiary/aromatic N) is 1. The van der Waals surface area contributed by atoms with Gasteiger partial charge in [-0.15, -0.1) is 0 Å². The summed E-state index contributed by atoms with van der Waals surface area (Å²) in [4.78, 5) is 1.72. The molecule has 2 fully saturated rings. The minimum absolute atomic E-state index is 0.00936. The number of halogens is 2. The molecule has 2 N–H and O–H groups in total. The summed E-state index contributed by atoms with van der Waals surface area (Å²) in [6, 6.07) is 2.44. The Morgan fingerprint density at radius 2 is 1.95 bits per heavy atom. The summed E-state index contributed by atoms with van der Waals surface area (Å²) in [6.07, 6.45) is 5.10. The van der Waals surface area contributed by atoms with Crippen molar-refractivity contribution < 1.29 is 8.78 Å². The SMILES string of the molecule is CN(CC1CC2CCC1C2)c1c(F)cc(C(N)=S)cc1F. The first-order chi connectivity index (χ1) is 9.95. The third kappa shape index (κ3) is 2.76. The molecule has 0 aliphatic heterocycles. The van der Waals surface area contributed by atoms with Crippen LogP contribution in [-0.2, 0) is 0 Å². The molecule has 2 saturated carbocycles. The average molecular weight is 310 g/mol. The minimum Gasteiger partial charge on any atom is -0.389 e. The van der Waals surface area contributed by atoms with E-state index in [-0.39, 0.29) is 16.2 Å². The van der Waals surface area contributed by atoms with Crippen molar-refractivity contribution >= 4 is 22.9 Å². The molecule has 2 bridgehead atoms. The Balaban J connectivity index is 1.78. The van der Waals surface area contributed by atoms with E-state index >= 15 is 0 Å². The standard InChI is InChI=1S/C16H20F2N2S/c1-20(8-12-5-9-2-3-10(12)4-9)15-13(17)6-11(16(19)21)7-14(15)18/h6-7,9-10,12H,2-5,8H2,1H3,(H2,19,21). The first-order valence-corrected chi connectivity index (χ1v) is 7.86. The van der Waals surface area contributed by atoms with Gasteiger partial charge in [0.25, 0.3) is 0 Å². The molecule has 1 aromatic rings. The van der Waals surface area contributed by atoms with Crippen LogP contribution in [0, 0.1) is 29.4 Å². The molecule has 3 rings (SSSR count). The number of thiocarbonyl (C=S) groups is 1. The van der Waals surface area contributed by atoms with Gasteiger partial charge in [-0.25, -0.2) is 8.78 Å². The molecule has 21 heavy (non-hydrogen) atoms. The summed E-state index contributed by atoms with van der Waals surface area (Å²) in [5.41, 5.74) is 5.69. The first-order valence-electron chi connectivity index (χ1n) is 7.45. The predicted octanol–water partition coefficient (Wildman–Crippen LogP) is 3.47. The normalized spacial score (nSPS) is 27.1. The van der Waals surface area contributed by atoms with Crippen LogP contribution in [0.1, 0.15) is 31.2 Å². The van der Waals surface area contributed by atoms with Crippen LogP contribution in [0.3, 0.4) is 0 Å². The lowest BCUT2D eigenvalue weighted by Gasteiger charge is -2.29. The van der Waals surface area contributed by atoms with Gasteiger partial charge in [0.15, 0.2) is 0 Å². The van der Waals surface area contributed by atoms with E-state index in [1.165, 1.54) is 37.8 Å². The van der Waals surface area contributed by atoms with Crippen LogP contribution < -0.4 is 10.6 Å². The zero-order chi connectivity index (χ0) is 15.1. The van der Waals surface area contributed by atoms with Gasteiger partial charge >= 0.3 is 0 Å². The van der Waals surface area contributed by atoms with E-state index in [9.17, 15) is 8.78 Å². The van der Waals surface area contributed by atoms with Crippen molar-refractivity contribution in [1.29, 1.82) is 0 Å². The summed E-state index contributed by atoms with van der Waals surface area (Å²) in [7, 11) is 1.76.